The van der Waals surface area contributed by atoms with Gasteiger partial charge in [-0.05, 0) is 54.3 Å². The number of hydrogen-bond donors (Lipinski definition) is 4. The molecule has 0 radical (unpaired) electrons. The summed E-state index contributed by atoms with van der Waals surface area (Å²) in [4.78, 5) is 46.2. The highest BCUT2D eigenvalue weighted by Crippen LogP contribution is 2.40. The molecule has 3 atom stereocenters. The van der Waals surface area contributed by atoms with Crippen LogP contribution in [0.1, 0.15) is 59.4 Å². The van der Waals surface area contributed by atoms with Crippen molar-refractivity contribution in [1.82, 2.24) is 36.1 Å². The molecule has 0 spiro atoms. The number of pyridine rings is 1. The Morgan fingerprint density at radius 3 is 2.75 bits per heavy atom. The first-order chi connectivity index (χ1) is 26.5. The summed E-state index contributed by atoms with van der Waals surface area (Å²) in [6.45, 7) is 6.60. The number of ether oxygens (including phenoxy) is 1. The molecule has 7 rings (SSSR count). The summed E-state index contributed by atoms with van der Waals surface area (Å²) < 4.78 is 11.8. The van der Waals surface area contributed by atoms with Crippen LogP contribution in [0.15, 0.2) is 77.0 Å². The van der Waals surface area contributed by atoms with Crippen LogP contribution in [-0.4, -0.2) is 82.4 Å². The van der Waals surface area contributed by atoms with E-state index in [1.807, 2.05) is 67.5 Å². The third kappa shape index (κ3) is 8.18. The fourth-order valence-corrected chi connectivity index (χ4v) is 7.63. The molecule has 2 fully saturated rings. The Balaban J connectivity index is 1.03. The van der Waals surface area contributed by atoms with Crippen LogP contribution in [-0.2, 0) is 22.7 Å². The Labute approximate surface area is 323 Å². The van der Waals surface area contributed by atoms with Crippen LogP contribution in [0.2, 0.25) is 0 Å². The fourth-order valence-electron chi connectivity index (χ4n) is 7.33. The number of fused-ring (bicyclic) bond motifs is 1. The van der Waals surface area contributed by atoms with Gasteiger partial charge in [-0.15, -0.1) is 11.6 Å². The van der Waals surface area contributed by atoms with Crippen molar-refractivity contribution in [3.05, 3.63) is 101 Å². The number of halogens is 1. The minimum atomic E-state index is -1.04. The van der Waals surface area contributed by atoms with Crippen molar-refractivity contribution in [3.8, 4) is 23.3 Å². The number of amides is 2. The lowest BCUT2D eigenvalue weighted by atomic mass is 9.83. The molecule has 55 heavy (non-hydrogen) atoms. The maximum atomic E-state index is 13.5. The lowest BCUT2D eigenvalue weighted by molar-refractivity contribution is -0.120. The zero-order chi connectivity index (χ0) is 38.7. The second-order valence-corrected chi connectivity index (χ2v) is 15.0. The SMILES string of the molecule is COc1cc(C(=O)NC2C=CC=C(c3cccc(-c4nc5cc(CN6CC(NC(C)=O)C6)cc(C#N)c5o4)c3)C2(C)Cl)ncc1CNC[C@@H]1CCC(=C=O)N1. The van der Waals surface area contributed by atoms with E-state index >= 15 is 0 Å². The van der Waals surface area contributed by atoms with Crippen molar-refractivity contribution >= 4 is 46.0 Å². The number of likely N-dealkylation sites (tertiary alicyclic amines) is 1. The molecular weight excluding hydrogens is 720 g/mol. The summed E-state index contributed by atoms with van der Waals surface area (Å²) in [5.41, 5.74) is 6.22. The summed E-state index contributed by atoms with van der Waals surface area (Å²) in [6, 6.07) is 15.0. The Bertz CT molecular complexity index is 2300. The number of carbonyl (C=O) groups excluding carboxylic acids is 3. The highest BCUT2D eigenvalue weighted by Gasteiger charge is 2.38. The van der Waals surface area contributed by atoms with Gasteiger partial charge >= 0.3 is 0 Å². The van der Waals surface area contributed by atoms with E-state index in [9.17, 15) is 19.6 Å². The van der Waals surface area contributed by atoms with Gasteiger partial charge in [0.05, 0.1) is 35.3 Å². The molecule has 2 unspecified atom stereocenters. The molecule has 282 valence electrons. The van der Waals surface area contributed by atoms with E-state index in [0.717, 1.165) is 41.8 Å². The quantitative estimate of drug-likeness (QED) is 0.119. The minimum absolute atomic E-state index is 0.0415. The van der Waals surface area contributed by atoms with Crippen LogP contribution in [0.5, 0.6) is 5.75 Å². The maximum Gasteiger partial charge on any atom is 0.270 e. The van der Waals surface area contributed by atoms with Gasteiger partial charge < -0.3 is 30.4 Å². The predicted octanol–water partition coefficient (Wildman–Crippen LogP) is 4.40. The Kier molecular flexibility index (Phi) is 10.9. The molecule has 13 nitrogen and oxygen atoms in total. The number of nitriles is 1. The highest BCUT2D eigenvalue weighted by molar-refractivity contribution is 6.31. The van der Waals surface area contributed by atoms with E-state index in [4.69, 9.17) is 25.7 Å². The number of aromatic nitrogens is 2. The number of rotatable bonds is 12. The first-order valence-electron chi connectivity index (χ1n) is 18.1. The van der Waals surface area contributed by atoms with Crippen LogP contribution >= 0.6 is 11.6 Å². The molecule has 2 aromatic carbocycles. The Morgan fingerprint density at radius 1 is 1.18 bits per heavy atom. The number of hydrogen-bond acceptors (Lipinski definition) is 11. The highest BCUT2D eigenvalue weighted by atomic mass is 35.5. The number of benzene rings is 2. The standard InChI is InChI=1S/C41H41ClN8O5/c1-24(52)46-32-21-50(22-32)20-25-12-28(16-43)38-34(13-25)48-40(55-38)27-7-4-6-26(14-27)33-8-5-9-37(41(33,2)42)49-39(53)35-15-36(54-3)29(18-45-35)17-44-19-30-10-11-31(23-51)47-30/h4-9,12-15,18,30,32,37,44,47H,10-11,17,19-22H2,1-3H3,(H,46,52)(H,49,53)/t30-,37?,41?/m0/s1. The van der Waals surface area contributed by atoms with Gasteiger partial charge in [0.1, 0.15) is 29.0 Å². The van der Waals surface area contributed by atoms with Crippen molar-refractivity contribution in [2.24, 2.45) is 0 Å². The molecule has 2 saturated heterocycles. The van der Waals surface area contributed by atoms with Crippen LogP contribution in [0.4, 0.5) is 0 Å². The molecule has 2 amide bonds. The smallest absolute Gasteiger partial charge is 0.270 e. The van der Waals surface area contributed by atoms with E-state index in [-0.39, 0.29) is 23.7 Å². The summed E-state index contributed by atoms with van der Waals surface area (Å²) in [5, 5.41) is 22.4. The summed E-state index contributed by atoms with van der Waals surface area (Å²) in [6.07, 6.45) is 8.81. The summed E-state index contributed by atoms with van der Waals surface area (Å²) in [5.74, 6) is 2.38. The van der Waals surface area contributed by atoms with Gasteiger partial charge in [-0.25, -0.2) is 9.78 Å². The number of methoxy groups -OCH3 is 1. The van der Waals surface area contributed by atoms with Gasteiger partial charge in [-0.3, -0.25) is 19.5 Å². The van der Waals surface area contributed by atoms with E-state index in [1.165, 1.54) is 6.92 Å². The van der Waals surface area contributed by atoms with Crippen molar-refractivity contribution in [1.29, 1.82) is 5.26 Å². The van der Waals surface area contributed by atoms with Crippen LogP contribution in [0.3, 0.4) is 0 Å². The van der Waals surface area contributed by atoms with Gasteiger partial charge in [-0.1, -0.05) is 30.4 Å². The van der Waals surface area contributed by atoms with Crippen LogP contribution < -0.4 is 26.0 Å². The van der Waals surface area contributed by atoms with Crippen molar-refractivity contribution < 1.29 is 23.5 Å². The molecule has 0 bridgehead atoms. The first-order valence-corrected chi connectivity index (χ1v) is 18.5. The number of nitrogens with one attached hydrogen (secondary N) is 4. The predicted molar refractivity (Wildman–Crippen MR) is 208 cm³/mol. The lowest BCUT2D eigenvalue weighted by Gasteiger charge is -2.39. The second-order valence-electron chi connectivity index (χ2n) is 14.3. The molecule has 2 aromatic heterocycles. The number of alkyl halides is 1. The Morgan fingerprint density at radius 2 is 2.00 bits per heavy atom. The van der Waals surface area contributed by atoms with Crippen molar-refractivity contribution in [2.75, 3.05) is 26.7 Å². The summed E-state index contributed by atoms with van der Waals surface area (Å²) >= 11 is 7.28. The third-order valence-corrected chi connectivity index (χ3v) is 10.6. The molecule has 0 saturated carbocycles. The van der Waals surface area contributed by atoms with Crippen LogP contribution in [0.25, 0.3) is 28.1 Å². The zero-order valence-electron chi connectivity index (χ0n) is 30.7. The molecular formula is C41H41ClN8O5. The summed E-state index contributed by atoms with van der Waals surface area (Å²) in [7, 11) is 1.55. The first kappa shape index (κ1) is 37.5. The average molecular weight is 761 g/mol. The van der Waals surface area contributed by atoms with E-state index < -0.39 is 16.8 Å². The number of allylic oxidation sites excluding steroid dienone is 3. The van der Waals surface area contributed by atoms with Crippen LogP contribution in [0, 0.1) is 11.3 Å². The molecule has 1 aliphatic carbocycles. The number of nitrogens with zero attached hydrogens (tertiary/aromatic N) is 4. The largest absolute Gasteiger partial charge is 0.496 e. The minimum Gasteiger partial charge on any atom is -0.496 e. The van der Waals surface area contributed by atoms with Gasteiger partial charge in [0.2, 0.25) is 11.8 Å². The second kappa shape index (κ2) is 15.9. The number of carbonyl (C=O) groups is 2. The lowest BCUT2D eigenvalue weighted by Crippen LogP contribution is -2.58. The molecule has 4 aromatic rings. The van der Waals surface area contributed by atoms with E-state index in [1.54, 1.807) is 19.4 Å². The maximum absolute atomic E-state index is 13.5. The van der Waals surface area contributed by atoms with E-state index in [2.05, 4.69) is 37.2 Å². The topological polar surface area (TPSA) is 175 Å². The van der Waals surface area contributed by atoms with Gasteiger partial charge in [0, 0.05) is 75.5 Å². The molecule has 4 heterocycles. The number of oxazole rings is 1. The molecule has 4 N–H and O–H groups in total. The average Bonchev–Trinajstić information content (AvgIpc) is 3.81. The zero-order valence-corrected chi connectivity index (χ0v) is 31.5. The monoisotopic (exact) mass is 760 g/mol. The van der Waals surface area contributed by atoms with Gasteiger partial charge in [0.25, 0.3) is 5.91 Å². The Hall–Kier alpha value is -5.77. The van der Waals surface area contributed by atoms with Gasteiger partial charge in [-0.2, -0.15) is 5.26 Å². The van der Waals surface area contributed by atoms with Crippen molar-refractivity contribution in [2.45, 2.75) is 62.8 Å². The third-order valence-electron chi connectivity index (χ3n) is 10.2. The fraction of sp³-hybridized carbons (Fsp3) is 0.341. The normalized spacial score (nSPS) is 20.9. The van der Waals surface area contributed by atoms with Gasteiger partial charge in [0.15, 0.2) is 5.58 Å². The van der Waals surface area contributed by atoms with Crippen molar-refractivity contribution in [3.63, 3.8) is 0 Å². The van der Waals surface area contributed by atoms with E-state index in [0.29, 0.717) is 65.6 Å². The molecule has 2 aliphatic heterocycles. The molecule has 14 heteroatoms. The molecule has 3 aliphatic rings.